The molecule has 0 unspecified atom stereocenters. The summed E-state index contributed by atoms with van der Waals surface area (Å²) in [6, 6.07) is -0.416. The molecule has 1 aromatic rings. The number of hydrogen-bond donors (Lipinski definition) is 2. The number of rotatable bonds is 5. The van der Waals surface area contributed by atoms with E-state index in [4.69, 9.17) is 9.84 Å². The lowest BCUT2D eigenvalue weighted by Gasteiger charge is -2.37. The molecule has 8 nitrogen and oxygen atoms in total. The molecule has 1 saturated heterocycles. The van der Waals surface area contributed by atoms with Crippen LogP contribution in [0.2, 0.25) is 0 Å². The fourth-order valence-corrected chi connectivity index (χ4v) is 4.09. The number of alkyl halides is 3. The number of nitrogens with one attached hydrogen (secondary N) is 1. The van der Waals surface area contributed by atoms with Crippen molar-refractivity contribution in [3.63, 3.8) is 0 Å². The summed E-state index contributed by atoms with van der Waals surface area (Å²) in [5.74, 6) is -1.70. The Balaban J connectivity index is 1.64. The van der Waals surface area contributed by atoms with Gasteiger partial charge in [0.15, 0.2) is 5.13 Å². The Kier molecular flexibility index (Phi) is 5.94. The SMILES string of the molecule is CO[C@H]1CN(c2ncc(C(=O)O)s2)CC[C@H]1NC(=O)C1=NC(C(F)(F)F)=C(C)C1. The van der Waals surface area contributed by atoms with Crippen molar-refractivity contribution in [2.45, 2.75) is 38.1 Å². The number of aliphatic imine (C=N–C) groups is 1. The summed E-state index contributed by atoms with van der Waals surface area (Å²) < 4.78 is 44.2. The first-order valence-electron chi connectivity index (χ1n) is 8.72. The average Bonchev–Trinajstić information content (AvgIpc) is 3.28. The lowest BCUT2D eigenvalue weighted by molar-refractivity contribution is -0.116. The molecule has 2 atom stereocenters. The van der Waals surface area contributed by atoms with Crippen LogP contribution in [0.5, 0.6) is 0 Å². The van der Waals surface area contributed by atoms with E-state index in [2.05, 4.69) is 15.3 Å². The van der Waals surface area contributed by atoms with Gasteiger partial charge in [-0.2, -0.15) is 13.2 Å². The van der Waals surface area contributed by atoms with Crippen molar-refractivity contribution in [1.29, 1.82) is 0 Å². The number of ether oxygens (including phenoxy) is 1. The number of carbonyl (C=O) groups excluding carboxylic acids is 1. The topological polar surface area (TPSA) is 104 Å². The van der Waals surface area contributed by atoms with E-state index in [-0.39, 0.29) is 22.6 Å². The van der Waals surface area contributed by atoms with Gasteiger partial charge in [0.05, 0.1) is 18.3 Å². The molecule has 0 radical (unpaired) electrons. The van der Waals surface area contributed by atoms with Crippen LogP contribution in [0.15, 0.2) is 22.5 Å². The Hall–Kier alpha value is -2.47. The van der Waals surface area contributed by atoms with E-state index in [9.17, 15) is 22.8 Å². The highest BCUT2D eigenvalue weighted by Crippen LogP contribution is 2.34. The van der Waals surface area contributed by atoms with Gasteiger partial charge in [0, 0.05) is 26.6 Å². The van der Waals surface area contributed by atoms with Crippen LogP contribution < -0.4 is 10.2 Å². The lowest BCUT2D eigenvalue weighted by Crippen LogP contribution is -2.55. The van der Waals surface area contributed by atoms with Gasteiger partial charge in [0.2, 0.25) is 0 Å². The predicted molar refractivity (Wildman–Crippen MR) is 99.4 cm³/mol. The summed E-state index contributed by atoms with van der Waals surface area (Å²) >= 11 is 1.04. The Bertz CT molecular complexity index is 880. The van der Waals surface area contributed by atoms with Crippen molar-refractivity contribution in [2.24, 2.45) is 4.99 Å². The smallest absolute Gasteiger partial charge is 0.433 e. The number of carboxylic acids is 1. The highest BCUT2D eigenvalue weighted by Gasteiger charge is 2.40. The highest BCUT2D eigenvalue weighted by atomic mass is 32.1. The normalized spacial score (nSPS) is 22.7. The van der Waals surface area contributed by atoms with E-state index in [0.29, 0.717) is 24.6 Å². The fraction of sp³-hybridized carbons (Fsp3) is 0.529. The van der Waals surface area contributed by atoms with Crippen molar-refractivity contribution in [2.75, 3.05) is 25.1 Å². The molecule has 1 fully saturated rings. The van der Waals surface area contributed by atoms with Gasteiger partial charge in [-0.05, 0) is 18.9 Å². The zero-order chi connectivity index (χ0) is 21.3. The van der Waals surface area contributed by atoms with Crippen LogP contribution in [0.1, 0.15) is 29.4 Å². The first kappa shape index (κ1) is 21.2. The maximum absolute atomic E-state index is 12.9. The molecule has 2 aliphatic heterocycles. The molecule has 3 rings (SSSR count). The third-order valence-corrected chi connectivity index (χ3v) is 5.81. The number of allylic oxidation sites excluding steroid dienone is 2. The van der Waals surface area contributed by atoms with E-state index in [1.807, 2.05) is 4.90 Å². The number of methoxy groups -OCH3 is 1. The minimum atomic E-state index is -4.59. The van der Waals surface area contributed by atoms with Crippen molar-refractivity contribution in [1.82, 2.24) is 10.3 Å². The number of aromatic carboxylic acids is 1. The predicted octanol–water partition coefficient (Wildman–Crippen LogP) is 2.23. The molecule has 0 aromatic carbocycles. The standard InChI is InChI=1S/C17H19F3N4O4S/c1-8-5-10(22-13(8)17(18,19)20)14(25)23-9-3-4-24(7-11(9)28-2)16-21-6-12(29-16)15(26)27/h6,9,11H,3-5,7H2,1-2H3,(H,23,25)(H,26,27)/t9-,11+/m1/s1. The van der Waals surface area contributed by atoms with Crippen LogP contribution in [0, 0.1) is 0 Å². The van der Waals surface area contributed by atoms with Crippen LogP contribution in [0.25, 0.3) is 0 Å². The largest absolute Gasteiger partial charge is 0.477 e. The summed E-state index contributed by atoms with van der Waals surface area (Å²) in [5.41, 5.74) is -1.17. The minimum absolute atomic E-state index is 0.0127. The van der Waals surface area contributed by atoms with E-state index < -0.39 is 35.9 Å². The Morgan fingerprint density at radius 2 is 2.14 bits per heavy atom. The third-order valence-electron chi connectivity index (χ3n) is 4.77. The summed E-state index contributed by atoms with van der Waals surface area (Å²) in [6.07, 6.45) is -3.44. The van der Waals surface area contributed by atoms with Crippen molar-refractivity contribution in [3.05, 3.63) is 22.3 Å². The van der Waals surface area contributed by atoms with Gasteiger partial charge in [-0.25, -0.2) is 14.8 Å². The average molecular weight is 432 g/mol. The van der Waals surface area contributed by atoms with Gasteiger partial charge in [-0.1, -0.05) is 11.3 Å². The number of carbonyl (C=O) groups is 2. The number of piperidine rings is 1. The minimum Gasteiger partial charge on any atom is -0.477 e. The fourth-order valence-electron chi connectivity index (χ4n) is 3.30. The van der Waals surface area contributed by atoms with Crippen LogP contribution in [-0.2, 0) is 9.53 Å². The van der Waals surface area contributed by atoms with Gasteiger partial charge in [-0.15, -0.1) is 0 Å². The molecule has 29 heavy (non-hydrogen) atoms. The number of carboxylic acid groups (broad SMARTS) is 1. The first-order valence-corrected chi connectivity index (χ1v) is 9.54. The molecule has 0 spiro atoms. The molecular formula is C17H19F3N4O4S. The maximum Gasteiger partial charge on any atom is 0.433 e. The number of amides is 1. The molecule has 2 aliphatic rings. The second-order valence-corrected chi connectivity index (χ2v) is 7.77. The van der Waals surface area contributed by atoms with Gasteiger partial charge >= 0.3 is 12.1 Å². The summed E-state index contributed by atoms with van der Waals surface area (Å²) in [4.78, 5) is 33.0. The highest BCUT2D eigenvalue weighted by molar-refractivity contribution is 7.17. The van der Waals surface area contributed by atoms with Crippen molar-refractivity contribution in [3.8, 4) is 0 Å². The zero-order valence-corrected chi connectivity index (χ0v) is 16.4. The number of hydrogen-bond acceptors (Lipinski definition) is 7. The molecule has 0 bridgehead atoms. The van der Waals surface area contributed by atoms with E-state index in [1.165, 1.54) is 20.2 Å². The molecule has 2 N–H and O–H groups in total. The molecular weight excluding hydrogens is 413 g/mol. The van der Waals surface area contributed by atoms with E-state index in [0.717, 1.165) is 11.3 Å². The summed E-state index contributed by atoms with van der Waals surface area (Å²) in [7, 11) is 1.47. The molecule has 12 heteroatoms. The van der Waals surface area contributed by atoms with Gasteiger partial charge in [0.1, 0.15) is 16.3 Å². The molecule has 0 saturated carbocycles. The Morgan fingerprint density at radius 3 is 2.69 bits per heavy atom. The number of aromatic nitrogens is 1. The van der Waals surface area contributed by atoms with Gasteiger partial charge in [0.25, 0.3) is 5.91 Å². The maximum atomic E-state index is 12.9. The number of nitrogens with zero attached hydrogens (tertiary/aromatic N) is 3. The lowest BCUT2D eigenvalue weighted by atomic mass is 10.0. The quantitative estimate of drug-likeness (QED) is 0.740. The van der Waals surface area contributed by atoms with Crippen molar-refractivity contribution >= 4 is 34.1 Å². The number of thiazole rings is 1. The number of anilines is 1. The molecule has 1 aromatic heterocycles. The van der Waals surface area contributed by atoms with Gasteiger partial charge < -0.3 is 20.1 Å². The first-order chi connectivity index (χ1) is 13.6. The summed E-state index contributed by atoms with van der Waals surface area (Å²) in [6.45, 7) is 2.14. The van der Waals surface area contributed by atoms with Crippen LogP contribution in [-0.4, -0.2) is 66.2 Å². The van der Waals surface area contributed by atoms with Crippen molar-refractivity contribution < 1.29 is 32.6 Å². The van der Waals surface area contributed by atoms with Crippen LogP contribution in [0.3, 0.4) is 0 Å². The zero-order valence-electron chi connectivity index (χ0n) is 15.6. The van der Waals surface area contributed by atoms with Gasteiger partial charge in [-0.3, -0.25) is 4.79 Å². The van der Waals surface area contributed by atoms with E-state index in [1.54, 1.807) is 0 Å². The Labute approximate surface area is 168 Å². The Morgan fingerprint density at radius 1 is 1.41 bits per heavy atom. The molecule has 0 aliphatic carbocycles. The van der Waals surface area contributed by atoms with E-state index >= 15 is 0 Å². The molecule has 3 heterocycles. The van der Waals surface area contributed by atoms with Crippen LogP contribution in [0.4, 0.5) is 18.3 Å². The third kappa shape index (κ3) is 4.58. The second-order valence-electron chi connectivity index (χ2n) is 6.76. The molecule has 1 amide bonds. The summed E-state index contributed by atoms with van der Waals surface area (Å²) in [5, 5.41) is 12.3. The van der Waals surface area contributed by atoms with Crippen LogP contribution >= 0.6 is 11.3 Å². The second kappa shape index (κ2) is 8.11. The molecule has 158 valence electrons. The number of halogens is 3. The monoisotopic (exact) mass is 432 g/mol.